The first kappa shape index (κ1) is 51.8. The molecule has 0 saturated heterocycles. The lowest BCUT2D eigenvalue weighted by molar-refractivity contribution is 0.590. The van der Waals surface area contributed by atoms with E-state index in [1.54, 1.807) is 0 Å². The van der Waals surface area contributed by atoms with Crippen LogP contribution in [-0.4, -0.2) is 24.1 Å². The minimum atomic E-state index is -0.0779. The Morgan fingerprint density at radius 1 is 0.325 bits per heavy atom. The lowest BCUT2D eigenvalue weighted by atomic mass is 9.85. The molecule has 9 aromatic carbocycles. The fourth-order valence-electron chi connectivity index (χ4n) is 11.4. The zero-order chi connectivity index (χ0) is 56.0. The number of hydrogen-bond donors (Lipinski definition) is 0. The summed E-state index contributed by atoms with van der Waals surface area (Å²) < 4.78 is 4.91. The number of aromatic nitrogens is 5. The van der Waals surface area contributed by atoms with Gasteiger partial charge in [-0.1, -0.05) is 198 Å². The van der Waals surface area contributed by atoms with Crippen LogP contribution in [0, 0.1) is 11.3 Å². The van der Waals surface area contributed by atoms with Crippen LogP contribution in [-0.2, 0) is 21.7 Å². The summed E-state index contributed by atoms with van der Waals surface area (Å²) in [5.74, 6) is 1.71. The molecule has 6 nitrogen and oxygen atoms in total. The largest absolute Gasteiger partial charge is 0.309 e. The summed E-state index contributed by atoms with van der Waals surface area (Å²) in [5, 5.41) is 15.0. The fourth-order valence-corrected chi connectivity index (χ4v) is 11.4. The molecule has 0 aliphatic heterocycles. The Hall–Kier alpha value is -8.92. The molecule has 0 aliphatic rings. The zero-order valence-electron chi connectivity index (χ0n) is 48.2. The van der Waals surface area contributed by atoms with Gasteiger partial charge in [0.2, 0.25) is 0 Å². The Balaban J connectivity index is 1.26. The number of fused-ring (bicyclic) bond motifs is 6. The smallest absolute Gasteiger partial charge is 0.166 e. The van der Waals surface area contributed by atoms with Crippen LogP contribution in [0.4, 0.5) is 0 Å². The van der Waals surface area contributed by atoms with Crippen molar-refractivity contribution in [3.8, 4) is 73.9 Å². The highest BCUT2D eigenvalue weighted by Gasteiger charge is 2.28. The molecule has 12 rings (SSSR count). The molecule has 0 fully saturated rings. The second kappa shape index (κ2) is 19.2. The Bertz CT molecular complexity index is 4240. The van der Waals surface area contributed by atoms with E-state index >= 15 is 0 Å². The van der Waals surface area contributed by atoms with E-state index in [4.69, 9.17) is 15.0 Å². The molecule has 0 amide bonds. The van der Waals surface area contributed by atoms with Gasteiger partial charge in [-0.25, -0.2) is 15.0 Å². The predicted octanol–water partition coefficient (Wildman–Crippen LogP) is 19.5. The summed E-state index contributed by atoms with van der Waals surface area (Å²) in [7, 11) is 0. The van der Waals surface area contributed by atoms with Crippen molar-refractivity contribution in [3.63, 3.8) is 0 Å². The van der Waals surface area contributed by atoms with E-state index in [9.17, 15) is 5.26 Å². The first-order valence-electron chi connectivity index (χ1n) is 28.0. The van der Waals surface area contributed by atoms with Crippen LogP contribution in [0.5, 0.6) is 0 Å². The maximum Gasteiger partial charge on any atom is 0.166 e. The standard InChI is InChI=1S/C74H68N6/c1-71(2,3)51-30-35-62-57(41-51)58-42-52(72(4,5)6)31-36-63(58)79(62)61-34-29-50(49-26-19-21-46(39-49)45-75)40-56(61)55-27-20-28-66(67(55)70-77-68(47-22-15-13-16-23-47)76-69(78-70)48-24-17-14-18-25-48)80-64-37-32-53(73(7,8)9)43-59(64)60-44-54(74(10,11)12)33-38-65(60)80/h13-44H,1-12H3. The molecule has 0 saturated carbocycles. The van der Waals surface area contributed by atoms with E-state index in [1.165, 1.54) is 43.8 Å². The Kier molecular flexibility index (Phi) is 12.4. The molecule has 0 N–H and O–H groups in total. The molecule has 0 bridgehead atoms. The summed E-state index contributed by atoms with van der Waals surface area (Å²) in [6.45, 7) is 27.5. The van der Waals surface area contributed by atoms with Crippen molar-refractivity contribution in [1.29, 1.82) is 5.26 Å². The van der Waals surface area contributed by atoms with Crippen molar-refractivity contribution >= 4 is 43.6 Å². The van der Waals surface area contributed by atoms with Gasteiger partial charge in [-0.15, -0.1) is 0 Å². The van der Waals surface area contributed by atoms with Gasteiger partial charge in [-0.05, 0) is 139 Å². The quantitative estimate of drug-likeness (QED) is 0.159. The SMILES string of the molecule is CC(C)(C)c1ccc2c(c1)c1cc(C(C)(C)C)ccc1n2-c1ccc(-c2cccc(C#N)c2)cc1-c1cccc(-n2c3ccc(C(C)(C)C)cc3c3cc(C(C)(C)C)ccc32)c1-c1nc(-c2ccccc2)nc(-c2ccccc2)n1. The maximum absolute atomic E-state index is 10.2. The van der Waals surface area contributed by atoms with Gasteiger partial charge < -0.3 is 9.13 Å². The Morgan fingerprint density at radius 2 is 0.713 bits per heavy atom. The predicted molar refractivity (Wildman–Crippen MR) is 335 cm³/mol. The molecule has 0 radical (unpaired) electrons. The van der Waals surface area contributed by atoms with Crippen molar-refractivity contribution in [3.05, 3.63) is 222 Å². The van der Waals surface area contributed by atoms with Crippen LogP contribution in [0.1, 0.15) is 111 Å². The summed E-state index contributed by atoms with van der Waals surface area (Å²) in [5.41, 5.74) is 18.3. The molecule has 0 unspecified atom stereocenters. The van der Waals surface area contributed by atoms with Crippen molar-refractivity contribution in [1.82, 2.24) is 24.1 Å². The minimum absolute atomic E-state index is 0.0679. The molecule has 0 atom stereocenters. The maximum atomic E-state index is 10.2. The fraction of sp³-hybridized carbons (Fsp3) is 0.216. The molecule has 394 valence electrons. The number of hydrogen-bond acceptors (Lipinski definition) is 4. The highest BCUT2D eigenvalue weighted by Crippen LogP contribution is 2.47. The summed E-state index contributed by atoms with van der Waals surface area (Å²) in [6, 6.07) is 72.4. The van der Waals surface area contributed by atoms with Crippen LogP contribution in [0.25, 0.3) is 111 Å². The Morgan fingerprint density at radius 3 is 1.14 bits per heavy atom. The lowest BCUT2D eigenvalue weighted by Crippen LogP contribution is -2.10. The van der Waals surface area contributed by atoms with Gasteiger partial charge in [0.25, 0.3) is 0 Å². The van der Waals surface area contributed by atoms with Gasteiger partial charge in [-0.3, -0.25) is 0 Å². The number of benzene rings is 9. The van der Waals surface area contributed by atoms with Gasteiger partial charge in [0.15, 0.2) is 17.5 Å². The molecule has 12 aromatic rings. The van der Waals surface area contributed by atoms with E-state index in [2.05, 4.69) is 238 Å². The van der Waals surface area contributed by atoms with Gasteiger partial charge >= 0.3 is 0 Å². The molecular weight excluding hydrogens is 973 g/mol. The third-order valence-electron chi connectivity index (χ3n) is 16.1. The number of nitriles is 1. The first-order valence-corrected chi connectivity index (χ1v) is 28.0. The normalized spacial score (nSPS) is 12.5. The number of nitrogens with zero attached hydrogens (tertiary/aromatic N) is 6. The summed E-state index contributed by atoms with van der Waals surface area (Å²) >= 11 is 0. The van der Waals surface area contributed by atoms with E-state index in [-0.39, 0.29) is 21.7 Å². The van der Waals surface area contributed by atoms with Gasteiger partial charge in [0.1, 0.15) is 0 Å². The Labute approximate surface area is 471 Å². The molecule has 3 aromatic heterocycles. The average molecular weight is 1040 g/mol. The van der Waals surface area contributed by atoms with Crippen LogP contribution < -0.4 is 0 Å². The van der Waals surface area contributed by atoms with E-state index in [0.717, 1.165) is 72.4 Å². The highest BCUT2D eigenvalue weighted by atomic mass is 15.1. The molecule has 0 spiro atoms. The van der Waals surface area contributed by atoms with Gasteiger partial charge in [0, 0.05) is 38.2 Å². The van der Waals surface area contributed by atoms with Gasteiger partial charge in [0.05, 0.1) is 50.6 Å². The molecule has 6 heteroatoms. The van der Waals surface area contributed by atoms with Crippen molar-refractivity contribution in [2.45, 2.75) is 105 Å². The first-order chi connectivity index (χ1) is 38.1. The number of rotatable bonds is 7. The lowest BCUT2D eigenvalue weighted by Gasteiger charge is -2.22. The zero-order valence-corrected chi connectivity index (χ0v) is 48.2. The van der Waals surface area contributed by atoms with Crippen LogP contribution in [0.3, 0.4) is 0 Å². The van der Waals surface area contributed by atoms with Crippen molar-refractivity contribution in [2.24, 2.45) is 0 Å². The monoisotopic (exact) mass is 1040 g/mol. The third-order valence-corrected chi connectivity index (χ3v) is 16.1. The van der Waals surface area contributed by atoms with Crippen molar-refractivity contribution < 1.29 is 0 Å². The highest BCUT2D eigenvalue weighted by molar-refractivity contribution is 6.12. The minimum Gasteiger partial charge on any atom is -0.309 e. The van der Waals surface area contributed by atoms with Gasteiger partial charge in [-0.2, -0.15) is 5.26 Å². The third kappa shape index (κ3) is 9.25. The molecule has 80 heavy (non-hydrogen) atoms. The summed E-state index contributed by atoms with van der Waals surface area (Å²) in [6.07, 6.45) is 0. The topological polar surface area (TPSA) is 72.3 Å². The van der Waals surface area contributed by atoms with E-state index in [1.807, 2.05) is 54.6 Å². The van der Waals surface area contributed by atoms with Crippen LogP contribution in [0.15, 0.2) is 194 Å². The molecular formula is C74H68N6. The second-order valence-electron chi connectivity index (χ2n) is 25.8. The van der Waals surface area contributed by atoms with Crippen LogP contribution in [0.2, 0.25) is 0 Å². The average Bonchev–Trinajstić information content (AvgIpc) is 4.08. The van der Waals surface area contributed by atoms with E-state index in [0.29, 0.717) is 23.0 Å². The van der Waals surface area contributed by atoms with Crippen molar-refractivity contribution in [2.75, 3.05) is 0 Å². The molecule has 3 heterocycles. The summed E-state index contributed by atoms with van der Waals surface area (Å²) in [4.78, 5) is 16.4. The second-order valence-corrected chi connectivity index (χ2v) is 25.8. The van der Waals surface area contributed by atoms with E-state index < -0.39 is 0 Å². The van der Waals surface area contributed by atoms with Crippen LogP contribution >= 0.6 is 0 Å². The molecule has 0 aliphatic carbocycles.